The van der Waals surface area contributed by atoms with Crippen LogP contribution in [-0.2, 0) is 4.79 Å². The van der Waals surface area contributed by atoms with Crippen LogP contribution >= 0.6 is 0 Å². The van der Waals surface area contributed by atoms with E-state index in [0.717, 1.165) is 26.1 Å². The Morgan fingerprint density at radius 3 is 2.74 bits per heavy atom. The van der Waals surface area contributed by atoms with Crippen LogP contribution in [0.15, 0.2) is 36.0 Å². The van der Waals surface area contributed by atoms with Crippen molar-refractivity contribution in [1.82, 2.24) is 10.2 Å². The molecule has 0 spiro atoms. The Bertz CT molecular complexity index is 574. The first-order chi connectivity index (χ1) is 11.1. The molecule has 6 heteroatoms. The highest BCUT2D eigenvalue weighted by molar-refractivity contribution is 6.06. The molecule has 0 aliphatic carbocycles. The van der Waals surface area contributed by atoms with E-state index in [1.54, 1.807) is 12.1 Å². The number of anilines is 1. The molecule has 3 N–H and O–H groups in total. The summed E-state index contributed by atoms with van der Waals surface area (Å²) < 4.78 is 0. The van der Waals surface area contributed by atoms with Crippen molar-refractivity contribution >= 4 is 11.6 Å². The summed E-state index contributed by atoms with van der Waals surface area (Å²) in [6, 6.07) is 8.06. The van der Waals surface area contributed by atoms with E-state index >= 15 is 0 Å². The molecule has 0 atom stereocenters. The Labute approximate surface area is 137 Å². The number of benzene rings is 1. The Morgan fingerprint density at radius 2 is 2.13 bits per heavy atom. The molecule has 0 unspecified atom stereocenters. The second kappa shape index (κ2) is 10.2. The molecule has 0 heterocycles. The molecule has 0 bridgehead atoms. The van der Waals surface area contributed by atoms with Crippen molar-refractivity contribution in [2.75, 3.05) is 31.5 Å². The summed E-state index contributed by atoms with van der Waals surface area (Å²) in [5.41, 5.74) is 0.439. The fraction of sp³-hybridized carbons (Fsp3) is 0.412. The van der Waals surface area contributed by atoms with Crippen molar-refractivity contribution in [2.45, 2.75) is 20.3 Å². The fourth-order valence-corrected chi connectivity index (χ4v) is 2.05. The highest BCUT2D eigenvalue weighted by atomic mass is 16.3. The van der Waals surface area contributed by atoms with Crippen LogP contribution in [0.4, 0.5) is 5.69 Å². The van der Waals surface area contributed by atoms with E-state index in [2.05, 4.69) is 29.4 Å². The van der Waals surface area contributed by atoms with Gasteiger partial charge in [0.2, 0.25) is 0 Å². The molecule has 1 amide bonds. The van der Waals surface area contributed by atoms with Gasteiger partial charge in [-0.2, -0.15) is 5.26 Å². The first-order valence-corrected chi connectivity index (χ1v) is 7.77. The highest BCUT2D eigenvalue weighted by Crippen LogP contribution is 2.15. The number of rotatable bonds is 9. The van der Waals surface area contributed by atoms with Crippen LogP contribution in [0.25, 0.3) is 0 Å². The number of phenols is 1. The third-order valence-corrected chi connectivity index (χ3v) is 3.41. The molecule has 23 heavy (non-hydrogen) atoms. The zero-order valence-corrected chi connectivity index (χ0v) is 13.7. The second-order valence-electron chi connectivity index (χ2n) is 5.01. The molecule has 0 aliphatic heterocycles. The molecule has 0 fully saturated rings. The lowest BCUT2D eigenvalue weighted by molar-refractivity contribution is -0.112. The molecule has 0 radical (unpaired) electrons. The van der Waals surface area contributed by atoms with Crippen molar-refractivity contribution in [1.29, 1.82) is 5.26 Å². The van der Waals surface area contributed by atoms with E-state index in [-0.39, 0.29) is 11.3 Å². The first kappa shape index (κ1) is 18.5. The lowest BCUT2D eigenvalue weighted by Crippen LogP contribution is -2.26. The lowest BCUT2D eigenvalue weighted by atomic mass is 10.2. The number of nitrogens with zero attached hydrogens (tertiary/aromatic N) is 2. The molecule has 1 rings (SSSR count). The van der Waals surface area contributed by atoms with Crippen LogP contribution in [0.3, 0.4) is 0 Å². The Kier molecular flexibility index (Phi) is 8.25. The quantitative estimate of drug-likeness (QED) is 0.369. The number of carbonyl (C=O) groups excluding carboxylic acids is 1. The van der Waals surface area contributed by atoms with E-state index < -0.39 is 5.91 Å². The number of nitrogens with one attached hydrogen (secondary N) is 2. The number of aromatic hydroxyl groups is 1. The molecule has 1 aromatic rings. The van der Waals surface area contributed by atoms with Gasteiger partial charge in [-0.05, 0) is 38.2 Å². The van der Waals surface area contributed by atoms with Gasteiger partial charge in [0.1, 0.15) is 17.4 Å². The molecular weight excluding hydrogens is 292 g/mol. The van der Waals surface area contributed by atoms with Crippen molar-refractivity contribution in [2.24, 2.45) is 0 Å². The predicted molar refractivity (Wildman–Crippen MR) is 90.8 cm³/mol. The minimum atomic E-state index is -0.505. The predicted octanol–water partition coefficient (Wildman–Crippen LogP) is 2.06. The van der Waals surface area contributed by atoms with Gasteiger partial charge in [0, 0.05) is 24.5 Å². The average Bonchev–Trinajstić information content (AvgIpc) is 2.54. The van der Waals surface area contributed by atoms with Crippen LogP contribution in [0.5, 0.6) is 5.75 Å². The number of hydrogen-bond acceptors (Lipinski definition) is 5. The van der Waals surface area contributed by atoms with Crippen LogP contribution in [0.2, 0.25) is 0 Å². The SMILES string of the molecule is CCN(CC)CCCN/C=C(/C#N)C(=O)Nc1cccc(O)c1. The Balaban J connectivity index is 2.46. The summed E-state index contributed by atoms with van der Waals surface area (Å²) in [7, 11) is 0. The molecule has 0 saturated heterocycles. The molecule has 6 nitrogen and oxygen atoms in total. The van der Waals surface area contributed by atoms with Crippen molar-refractivity contribution in [3.8, 4) is 11.8 Å². The summed E-state index contributed by atoms with van der Waals surface area (Å²) in [5, 5.41) is 24.0. The maximum Gasteiger partial charge on any atom is 0.267 e. The second-order valence-corrected chi connectivity index (χ2v) is 5.01. The number of amides is 1. The fourth-order valence-electron chi connectivity index (χ4n) is 2.05. The summed E-state index contributed by atoms with van der Waals surface area (Å²) >= 11 is 0. The topological polar surface area (TPSA) is 88.4 Å². The van der Waals surface area contributed by atoms with Crippen molar-refractivity contribution < 1.29 is 9.90 Å². The van der Waals surface area contributed by atoms with Crippen LogP contribution < -0.4 is 10.6 Å². The largest absolute Gasteiger partial charge is 0.508 e. The van der Waals surface area contributed by atoms with E-state index in [1.807, 2.05) is 6.07 Å². The first-order valence-electron chi connectivity index (χ1n) is 7.77. The smallest absolute Gasteiger partial charge is 0.267 e. The van der Waals surface area contributed by atoms with Gasteiger partial charge < -0.3 is 20.6 Å². The van der Waals surface area contributed by atoms with Crippen LogP contribution in [-0.4, -0.2) is 42.1 Å². The lowest BCUT2D eigenvalue weighted by Gasteiger charge is -2.17. The van der Waals surface area contributed by atoms with E-state index in [1.165, 1.54) is 18.3 Å². The van der Waals surface area contributed by atoms with E-state index in [4.69, 9.17) is 5.26 Å². The Hall–Kier alpha value is -2.52. The minimum absolute atomic E-state index is 0.00354. The minimum Gasteiger partial charge on any atom is -0.508 e. The molecule has 1 aromatic carbocycles. The molecular formula is C17H24N4O2. The molecule has 124 valence electrons. The van der Waals surface area contributed by atoms with Gasteiger partial charge in [0.25, 0.3) is 5.91 Å². The number of hydrogen-bond donors (Lipinski definition) is 3. The van der Waals surface area contributed by atoms with Gasteiger partial charge in [0.15, 0.2) is 0 Å². The number of carbonyl (C=O) groups is 1. The summed E-state index contributed by atoms with van der Waals surface area (Å²) in [5.74, 6) is -0.450. The van der Waals surface area contributed by atoms with Crippen molar-refractivity contribution in [3.63, 3.8) is 0 Å². The maximum absolute atomic E-state index is 12.0. The van der Waals surface area contributed by atoms with E-state index in [0.29, 0.717) is 12.2 Å². The van der Waals surface area contributed by atoms with Gasteiger partial charge >= 0.3 is 0 Å². The molecule has 0 aliphatic rings. The van der Waals surface area contributed by atoms with Crippen LogP contribution in [0.1, 0.15) is 20.3 Å². The zero-order chi connectivity index (χ0) is 17.1. The number of phenolic OH excluding ortho intramolecular Hbond substituents is 1. The van der Waals surface area contributed by atoms with Gasteiger partial charge in [0.05, 0.1) is 0 Å². The van der Waals surface area contributed by atoms with Gasteiger partial charge in [-0.25, -0.2) is 0 Å². The van der Waals surface area contributed by atoms with E-state index in [9.17, 15) is 9.90 Å². The van der Waals surface area contributed by atoms with Crippen LogP contribution in [0, 0.1) is 11.3 Å². The van der Waals surface area contributed by atoms with Gasteiger partial charge in [-0.15, -0.1) is 0 Å². The summed E-state index contributed by atoms with van der Waals surface area (Å²) in [6.07, 6.45) is 2.37. The maximum atomic E-state index is 12.0. The standard InChI is InChI=1S/C17H24N4O2/c1-3-21(4-2)10-6-9-19-13-14(12-18)17(23)20-15-7-5-8-16(22)11-15/h5,7-8,11,13,19,22H,3-4,6,9-10H2,1-2H3,(H,20,23)/b14-13-. The van der Waals surface area contributed by atoms with Gasteiger partial charge in [-0.3, -0.25) is 4.79 Å². The van der Waals surface area contributed by atoms with Gasteiger partial charge in [-0.1, -0.05) is 19.9 Å². The molecule has 0 aromatic heterocycles. The Morgan fingerprint density at radius 1 is 1.39 bits per heavy atom. The molecule has 0 saturated carbocycles. The monoisotopic (exact) mass is 316 g/mol. The normalized spacial score (nSPS) is 11.1. The third kappa shape index (κ3) is 6.85. The summed E-state index contributed by atoms with van der Waals surface area (Å²) in [4.78, 5) is 14.3. The number of nitriles is 1. The third-order valence-electron chi connectivity index (χ3n) is 3.41. The summed E-state index contributed by atoms with van der Waals surface area (Å²) in [6.45, 7) is 7.95. The average molecular weight is 316 g/mol. The zero-order valence-electron chi connectivity index (χ0n) is 13.7. The van der Waals surface area contributed by atoms with Crippen molar-refractivity contribution in [3.05, 3.63) is 36.0 Å². The highest BCUT2D eigenvalue weighted by Gasteiger charge is 2.09.